The minimum atomic E-state index is -0.667. The van der Waals surface area contributed by atoms with Crippen LogP contribution in [0.5, 0.6) is 5.75 Å². The standard InChI is InChI=1S/C14H18N2O2/c1-14(5-4-11(16)7-13(14)18)8-9-2-3-10(15)6-12(9)17/h2-7,13,17-18H,8,15-16H2,1H3. The van der Waals surface area contributed by atoms with Gasteiger partial charge in [-0.2, -0.15) is 0 Å². The molecule has 2 rings (SSSR count). The van der Waals surface area contributed by atoms with Gasteiger partial charge in [0.1, 0.15) is 5.75 Å². The van der Waals surface area contributed by atoms with Gasteiger partial charge in [0.25, 0.3) is 0 Å². The van der Waals surface area contributed by atoms with Gasteiger partial charge in [0.15, 0.2) is 0 Å². The lowest BCUT2D eigenvalue weighted by Gasteiger charge is -2.33. The Labute approximate surface area is 106 Å². The molecule has 4 heteroatoms. The van der Waals surface area contributed by atoms with Crippen LogP contribution in [-0.4, -0.2) is 16.3 Å². The topological polar surface area (TPSA) is 92.5 Å². The fraction of sp³-hybridized carbons (Fsp3) is 0.286. The van der Waals surface area contributed by atoms with Gasteiger partial charge in [0, 0.05) is 22.9 Å². The third-order valence-electron chi connectivity index (χ3n) is 3.36. The second kappa shape index (κ2) is 4.38. The maximum absolute atomic E-state index is 10.1. The average Bonchev–Trinajstić information content (AvgIpc) is 2.29. The second-order valence-electron chi connectivity index (χ2n) is 5.02. The molecule has 0 aromatic heterocycles. The number of hydrogen-bond acceptors (Lipinski definition) is 4. The molecule has 0 saturated heterocycles. The molecule has 2 atom stereocenters. The minimum Gasteiger partial charge on any atom is -0.508 e. The van der Waals surface area contributed by atoms with E-state index >= 15 is 0 Å². The third kappa shape index (κ3) is 2.33. The van der Waals surface area contributed by atoms with Crippen LogP contribution in [0, 0.1) is 5.41 Å². The first kappa shape index (κ1) is 12.5. The van der Waals surface area contributed by atoms with Crippen molar-refractivity contribution in [2.75, 3.05) is 5.73 Å². The first-order chi connectivity index (χ1) is 8.40. The number of phenols is 1. The Morgan fingerprint density at radius 2 is 2.06 bits per heavy atom. The van der Waals surface area contributed by atoms with Gasteiger partial charge in [0.2, 0.25) is 0 Å². The van der Waals surface area contributed by atoms with Crippen molar-refractivity contribution in [1.82, 2.24) is 0 Å². The fourth-order valence-electron chi connectivity index (χ4n) is 2.12. The molecule has 2 unspecified atom stereocenters. The lowest BCUT2D eigenvalue weighted by Crippen LogP contribution is -2.34. The number of nitrogens with two attached hydrogens (primary N) is 2. The van der Waals surface area contributed by atoms with Gasteiger partial charge in [-0.05, 0) is 30.2 Å². The molecule has 18 heavy (non-hydrogen) atoms. The number of rotatable bonds is 2. The van der Waals surface area contributed by atoms with Crippen LogP contribution in [0.1, 0.15) is 12.5 Å². The molecule has 0 saturated carbocycles. The molecule has 1 aromatic carbocycles. The largest absolute Gasteiger partial charge is 0.508 e. The van der Waals surface area contributed by atoms with Gasteiger partial charge >= 0.3 is 0 Å². The molecule has 96 valence electrons. The molecule has 1 aliphatic carbocycles. The van der Waals surface area contributed by atoms with E-state index < -0.39 is 11.5 Å². The highest BCUT2D eigenvalue weighted by molar-refractivity contribution is 5.48. The van der Waals surface area contributed by atoms with Crippen molar-refractivity contribution in [3.63, 3.8) is 0 Å². The van der Waals surface area contributed by atoms with Crippen molar-refractivity contribution in [3.8, 4) is 5.75 Å². The van der Waals surface area contributed by atoms with Crippen molar-refractivity contribution in [2.24, 2.45) is 11.1 Å². The minimum absolute atomic E-state index is 0.152. The third-order valence-corrected chi connectivity index (χ3v) is 3.36. The second-order valence-corrected chi connectivity index (χ2v) is 5.02. The van der Waals surface area contributed by atoms with Crippen LogP contribution in [-0.2, 0) is 6.42 Å². The molecule has 1 aliphatic rings. The van der Waals surface area contributed by atoms with Gasteiger partial charge in [-0.25, -0.2) is 0 Å². The molecule has 6 N–H and O–H groups in total. The van der Waals surface area contributed by atoms with Crippen molar-refractivity contribution in [3.05, 3.63) is 47.7 Å². The summed E-state index contributed by atoms with van der Waals surface area (Å²) in [6.45, 7) is 1.92. The number of allylic oxidation sites excluding steroid dienone is 1. The monoisotopic (exact) mass is 246 g/mol. The van der Waals surface area contributed by atoms with Gasteiger partial charge in [-0.15, -0.1) is 0 Å². The zero-order valence-electron chi connectivity index (χ0n) is 10.3. The summed E-state index contributed by atoms with van der Waals surface area (Å²) >= 11 is 0. The molecule has 0 radical (unpaired) electrons. The van der Waals surface area contributed by atoms with Crippen LogP contribution >= 0.6 is 0 Å². The summed E-state index contributed by atoms with van der Waals surface area (Å²) in [6, 6.07) is 5.03. The Balaban J connectivity index is 2.26. The molecule has 0 aliphatic heterocycles. The molecular weight excluding hydrogens is 228 g/mol. The highest BCUT2D eigenvalue weighted by atomic mass is 16.3. The molecule has 0 amide bonds. The van der Waals surface area contributed by atoms with Crippen LogP contribution in [0.15, 0.2) is 42.1 Å². The van der Waals surface area contributed by atoms with Gasteiger partial charge in [-0.1, -0.05) is 19.1 Å². The molecule has 0 bridgehead atoms. The molecule has 0 fully saturated rings. The van der Waals surface area contributed by atoms with Crippen LogP contribution < -0.4 is 11.5 Å². The summed E-state index contributed by atoms with van der Waals surface area (Å²) in [5.74, 6) is 0.152. The number of aliphatic hydroxyl groups is 1. The highest BCUT2D eigenvalue weighted by Gasteiger charge is 2.32. The van der Waals surface area contributed by atoms with Crippen molar-refractivity contribution in [2.45, 2.75) is 19.4 Å². The van der Waals surface area contributed by atoms with Crippen molar-refractivity contribution < 1.29 is 10.2 Å². The summed E-state index contributed by atoms with van der Waals surface area (Å²) in [5.41, 5.74) is 12.6. The van der Waals surface area contributed by atoms with Gasteiger partial charge in [0.05, 0.1) is 6.10 Å². The van der Waals surface area contributed by atoms with E-state index in [9.17, 15) is 10.2 Å². The van der Waals surface area contributed by atoms with Crippen molar-refractivity contribution >= 4 is 5.69 Å². The van der Waals surface area contributed by atoms with E-state index in [4.69, 9.17) is 11.5 Å². The first-order valence-corrected chi connectivity index (χ1v) is 5.83. The van der Waals surface area contributed by atoms with E-state index in [0.29, 0.717) is 17.8 Å². The first-order valence-electron chi connectivity index (χ1n) is 5.83. The van der Waals surface area contributed by atoms with Crippen LogP contribution in [0.25, 0.3) is 0 Å². The number of hydrogen-bond donors (Lipinski definition) is 4. The van der Waals surface area contributed by atoms with Crippen LogP contribution in [0.3, 0.4) is 0 Å². The zero-order chi connectivity index (χ0) is 13.3. The number of phenolic OH excluding ortho intramolecular Hbond substituents is 1. The predicted octanol–water partition coefficient (Wildman–Crippen LogP) is 1.30. The zero-order valence-corrected chi connectivity index (χ0v) is 10.3. The molecule has 4 nitrogen and oxygen atoms in total. The van der Waals surface area contributed by atoms with Crippen molar-refractivity contribution in [1.29, 1.82) is 0 Å². The Morgan fingerprint density at radius 3 is 2.67 bits per heavy atom. The predicted molar refractivity (Wildman–Crippen MR) is 71.7 cm³/mol. The van der Waals surface area contributed by atoms with Crippen LogP contribution in [0.2, 0.25) is 0 Å². The highest BCUT2D eigenvalue weighted by Crippen LogP contribution is 2.35. The summed E-state index contributed by atoms with van der Waals surface area (Å²) in [7, 11) is 0. The van der Waals surface area contributed by atoms with E-state index in [1.165, 1.54) is 6.07 Å². The lowest BCUT2D eigenvalue weighted by atomic mass is 9.75. The van der Waals surface area contributed by atoms with Crippen LogP contribution in [0.4, 0.5) is 5.69 Å². The molecule has 0 spiro atoms. The average molecular weight is 246 g/mol. The Hall–Kier alpha value is -1.94. The summed E-state index contributed by atoms with van der Waals surface area (Å²) in [5, 5.41) is 19.9. The molecule has 1 aromatic rings. The summed E-state index contributed by atoms with van der Waals surface area (Å²) in [6.07, 6.45) is 5.12. The number of anilines is 1. The van der Waals surface area contributed by atoms with E-state index in [2.05, 4.69) is 0 Å². The van der Waals surface area contributed by atoms with E-state index in [1.54, 1.807) is 24.3 Å². The van der Waals surface area contributed by atoms with Gasteiger partial charge < -0.3 is 21.7 Å². The van der Waals surface area contributed by atoms with E-state index in [1.807, 2.05) is 13.0 Å². The van der Waals surface area contributed by atoms with Gasteiger partial charge in [-0.3, -0.25) is 0 Å². The Bertz CT molecular complexity index is 523. The lowest BCUT2D eigenvalue weighted by molar-refractivity contribution is 0.109. The Kier molecular flexibility index (Phi) is 3.05. The summed E-state index contributed by atoms with van der Waals surface area (Å²) in [4.78, 5) is 0. The number of aromatic hydroxyl groups is 1. The normalized spacial score (nSPS) is 27.0. The molecular formula is C14H18N2O2. The van der Waals surface area contributed by atoms with E-state index in [-0.39, 0.29) is 5.75 Å². The maximum Gasteiger partial charge on any atom is 0.120 e. The van der Waals surface area contributed by atoms with E-state index in [0.717, 1.165) is 5.56 Å². The summed E-state index contributed by atoms with van der Waals surface area (Å²) < 4.78 is 0. The SMILES string of the molecule is CC1(Cc2ccc(N)cc2O)C=CC(N)=CC1O. The number of nitrogen functional groups attached to an aromatic ring is 1. The molecule has 0 heterocycles. The quantitative estimate of drug-likeness (QED) is 0.592. The fourth-order valence-corrected chi connectivity index (χ4v) is 2.12. The Morgan fingerprint density at radius 1 is 1.33 bits per heavy atom. The number of aliphatic hydroxyl groups excluding tert-OH is 1. The smallest absolute Gasteiger partial charge is 0.120 e. The maximum atomic E-state index is 10.1. The number of benzene rings is 1.